The number of amides is 1. The second kappa shape index (κ2) is 6.00. The molecule has 2 aromatic carbocycles. The Morgan fingerprint density at radius 3 is 2.57 bits per heavy atom. The Morgan fingerprint density at radius 2 is 1.83 bits per heavy atom. The van der Waals surface area contributed by atoms with Gasteiger partial charge in [0.05, 0.1) is 17.4 Å². The highest BCUT2D eigenvalue weighted by Crippen LogP contribution is 2.33. The maximum atomic E-state index is 12.9. The number of hydrogen-bond acceptors (Lipinski definition) is 4. The number of para-hydroxylation sites is 1. The number of nitrogens with one attached hydrogen (secondary N) is 1. The topological polar surface area (TPSA) is 72.5 Å². The molecule has 0 spiro atoms. The molecule has 23 heavy (non-hydrogen) atoms. The molecule has 5 nitrogen and oxygen atoms in total. The fourth-order valence-electron chi connectivity index (χ4n) is 2.49. The maximum Gasteiger partial charge on any atom is 0.264 e. The standard InChI is InChI=1S/C16H14FNO4S/c17-11-5-7-12(8-6-11)23(20,21)18-16(19)14-9-10-22-15-4-2-1-3-13(14)15/h1-8,14H,9-10H2,(H,18,19). The molecule has 0 saturated carbocycles. The lowest BCUT2D eigenvalue weighted by atomic mass is 9.93. The summed E-state index contributed by atoms with van der Waals surface area (Å²) >= 11 is 0. The Labute approximate surface area is 133 Å². The number of carbonyl (C=O) groups is 1. The molecule has 0 fully saturated rings. The van der Waals surface area contributed by atoms with E-state index in [9.17, 15) is 17.6 Å². The molecule has 0 aromatic heterocycles. The summed E-state index contributed by atoms with van der Waals surface area (Å²) < 4.78 is 44.9. The van der Waals surface area contributed by atoms with E-state index in [2.05, 4.69) is 4.72 Å². The van der Waals surface area contributed by atoms with E-state index < -0.39 is 27.7 Å². The minimum absolute atomic E-state index is 0.160. The number of sulfonamides is 1. The molecule has 120 valence electrons. The first-order valence-electron chi connectivity index (χ1n) is 7.01. The lowest BCUT2D eigenvalue weighted by Gasteiger charge is -2.24. The van der Waals surface area contributed by atoms with Crippen molar-refractivity contribution in [1.82, 2.24) is 4.72 Å². The number of carbonyl (C=O) groups excluding carboxylic acids is 1. The molecule has 1 heterocycles. The number of ether oxygens (including phenoxy) is 1. The first kappa shape index (κ1) is 15.5. The lowest BCUT2D eigenvalue weighted by Crippen LogP contribution is -2.36. The van der Waals surface area contributed by atoms with Gasteiger partial charge in [0.2, 0.25) is 5.91 Å². The number of fused-ring (bicyclic) bond motifs is 1. The van der Waals surface area contributed by atoms with E-state index >= 15 is 0 Å². The smallest absolute Gasteiger partial charge is 0.264 e. The van der Waals surface area contributed by atoms with Crippen LogP contribution in [0.15, 0.2) is 53.4 Å². The molecule has 1 unspecified atom stereocenters. The SMILES string of the molecule is O=C(NS(=O)(=O)c1ccc(F)cc1)C1CCOc2ccccc21. The highest BCUT2D eigenvalue weighted by molar-refractivity contribution is 7.90. The van der Waals surface area contributed by atoms with Gasteiger partial charge >= 0.3 is 0 Å². The number of benzene rings is 2. The molecule has 0 radical (unpaired) electrons. The van der Waals surface area contributed by atoms with Gasteiger partial charge < -0.3 is 4.74 Å². The van der Waals surface area contributed by atoms with Crippen LogP contribution in [0.2, 0.25) is 0 Å². The summed E-state index contributed by atoms with van der Waals surface area (Å²) in [5.74, 6) is -1.19. The molecule has 1 amide bonds. The first-order chi connectivity index (χ1) is 11.0. The zero-order chi connectivity index (χ0) is 16.4. The lowest BCUT2D eigenvalue weighted by molar-refractivity contribution is -0.121. The minimum atomic E-state index is -4.04. The third-order valence-corrected chi connectivity index (χ3v) is 5.00. The summed E-state index contributed by atoms with van der Waals surface area (Å²) in [6.07, 6.45) is 0.391. The molecule has 1 aliphatic heterocycles. The molecule has 3 rings (SSSR count). The average Bonchev–Trinajstić information content (AvgIpc) is 2.54. The monoisotopic (exact) mass is 335 g/mol. The molecular formula is C16H14FNO4S. The van der Waals surface area contributed by atoms with E-state index in [4.69, 9.17) is 4.74 Å². The molecule has 2 aromatic rings. The van der Waals surface area contributed by atoms with Crippen molar-refractivity contribution in [2.24, 2.45) is 0 Å². The van der Waals surface area contributed by atoms with E-state index in [1.165, 1.54) is 0 Å². The Balaban J connectivity index is 1.84. The van der Waals surface area contributed by atoms with Gasteiger partial charge in [0.15, 0.2) is 0 Å². The normalized spacial score (nSPS) is 17.0. The predicted molar refractivity (Wildman–Crippen MR) is 81.0 cm³/mol. The molecule has 0 bridgehead atoms. The zero-order valence-corrected chi connectivity index (χ0v) is 12.8. The van der Waals surface area contributed by atoms with Crippen LogP contribution in [0.3, 0.4) is 0 Å². The van der Waals surface area contributed by atoms with Gasteiger partial charge in [-0.25, -0.2) is 17.5 Å². The van der Waals surface area contributed by atoms with Gasteiger partial charge in [0, 0.05) is 5.56 Å². The summed E-state index contributed by atoms with van der Waals surface area (Å²) in [5.41, 5.74) is 0.658. The van der Waals surface area contributed by atoms with E-state index in [0.29, 0.717) is 24.3 Å². The van der Waals surface area contributed by atoms with Gasteiger partial charge in [-0.1, -0.05) is 18.2 Å². The molecule has 0 aliphatic carbocycles. The zero-order valence-electron chi connectivity index (χ0n) is 12.0. The van der Waals surface area contributed by atoms with Crippen LogP contribution in [0, 0.1) is 5.82 Å². The average molecular weight is 335 g/mol. The van der Waals surface area contributed by atoms with E-state index in [1.807, 2.05) is 0 Å². The highest BCUT2D eigenvalue weighted by atomic mass is 32.2. The minimum Gasteiger partial charge on any atom is -0.493 e. The van der Waals surface area contributed by atoms with Crippen LogP contribution in [0.25, 0.3) is 0 Å². The first-order valence-corrected chi connectivity index (χ1v) is 8.49. The largest absolute Gasteiger partial charge is 0.493 e. The fourth-order valence-corrected chi connectivity index (χ4v) is 3.51. The maximum absolute atomic E-state index is 12.9. The Bertz CT molecular complexity index is 833. The van der Waals surface area contributed by atoms with Gasteiger partial charge in [-0.15, -0.1) is 0 Å². The molecule has 7 heteroatoms. The van der Waals surface area contributed by atoms with Crippen LogP contribution in [-0.2, 0) is 14.8 Å². The van der Waals surface area contributed by atoms with Gasteiger partial charge in [0.25, 0.3) is 10.0 Å². The van der Waals surface area contributed by atoms with Crippen molar-refractivity contribution in [3.63, 3.8) is 0 Å². The van der Waals surface area contributed by atoms with Crippen LogP contribution in [-0.4, -0.2) is 20.9 Å². The van der Waals surface area contributed by atoms with E-state index in [0.717, 1.165) is 24.3 Å². The van der Waals surface area contributed by atoms with Gasteiger partial charge in [0.1, 0.15) is 11.6 Å². The van der Waals surface area contributed by atoms with Crippen LogP contribution in [0.1, 0.15) is 17.9 Å². The van der Waals surface area contributed by atoms with E-state index in [-0.39, 0.29) is 4.90 Å². The van der Waals surface area contributed by atoms with Crippen molar-refractivity contribution >= 4 is 15.9 Å². The molecule has 1 N–H and O–H groups in total. The fraction of sp³-hybridized carbons (Fsp3) is 0.188. The van der Waals surface area contributed by atoms with Crippen LogP contribution < -0.4 is 9.46 Å². The van der Waals surface area contributed by atoms with Crippen molar-refractivity contribution < 1.29 is 22.3 Å². The summed E-state index contributed by atoms with van der Waals surface area (Å²) in [5, 5.41) is 0. The second-order valence-electron chi connectivity index (χ2n) is 5.15. The van der Waals surface area contributed by atoms with Crippen LogP contribution in [0.5, 0.6) is 5.75 Å². The summed E-state index contributed by atoms with van der Waals surface area (Å²) in [6, 6.07) is 11.3. The highest BCUT2D eigenvalue weighted by Gasteiger charge is 2.30. The summed E-state index contributed by atoms with van der Waals surface area (Å²) in [4.78, 5) is 12.2. The number of rotatable bonds is 3. The molecule has 1 aliphatic rings. The molecule has 1 atom stereocenters. The van der Waals surface area contributed by atoms with Crippen molar-refractivity contribution in [1.29, 1.82) is 0 Å². The van der Waals surface area contributed by atoms with E-state index in [1.54, 1.807) is 24.3 Å². The number of hydrogen-bond donors (Lipinski definition) is 1. The third-order valence-electron chi connectivity index (χ3n) is 3.63. The van der Waals surface area contributed by atoms with Crippen LogP contribution in [0.4, 0.5) is 4.39 Å². The summed E-state index contributed by atoms with van der Waals surface area (Å²) in [7, 11) is -4.04. The Kier molecular flexibility index (Phi) is 4.04. The van der Waals surface area contributed by atoms with Crippen molar-refractivity contribution in [3.8, 4) is 5.75 Å². The summed E-state index contributed by atoms with van der Waals surface area (Å²) in [6.45, 7) is 0.339. The molecular weight excluding hydrogens is 321 g/mol. The third kappa shape index (κ3) is 3.19. The second-order valence-corrected chi connectivity index (χ2v) is 6.83. The van der Waals surface area contributed by atoms with Crippen LogP contribution >= 0.6 is 0 Å². The van der Waals surface area contributed by atoms with Crippen molar-refractivity contribution in [3.05, 3.63) is 59.9 Å². The number of halogens is 1. The Hall–Kier alpha value is -2.41. The van der Waals surface area contributed by atoms with Crippen molar-refractivity contribution in [2.75, 3.05) is 6.61 Å². The quantitative estimate of drug-likeness (QED) is 0.933. The van der Waals surface area contributed by atoms with Gasteiger partial charge in [-0.2, -0.15) is 0 Å². The van der Waals surface area contributed by atoms with Crippen molar-refractivity contribution in [2.45, 2.75) is 17.2 Å². The molecule has 0 saturated heterocycles. The Morgan fingerprint density at radius 1 is 1.13 bits per heavy atom. The van der Waals surface area contributed by atoms with Gasteiger partial charge in [-0.05, 0) is 36.8 Å². The predicted octanol–water partition coefficient (Wildman–Crippen LogP) is 2.20. The van der Waals surface area contributed by atoms with Gasteiger partial charge in [-0.3, -0.25) is 4.79 Å².